The van der Waals surface area contributed by atoms with Gasteiger partial charge in [0.1, 0.15) is 16.7 Å². The average molecular weight is 334 g/mol. The normalized spacial score (nSPS) is 10.8. The van der Waals surface area contributed by atoms with Crippen molar-refractivity contribution in [2.75, 3.05) is 0 Å². The zero-order valence-corrected chi connectivity index (χ0v) is 11.8. The van der Waals surface area contributed by atoms with Crippen LogP contribution in [-0.4, -0.2) is 25.8 Å². The van der Waals surface area contributed by atoms with Gasteiger partial charge in [-0.3, -0.25) is 4.79 Å². The molecule has 0 amide bonds. The predicted octanol–water partition coefficient (Wildman–Crippen LogP) is 2.28. The highest BCUT2D eigenvalue weighted by Crippen LogP contribution is 2.38. The van der Waals surface area contributed by atoms with Gasteiger partial charge in [0.2, 0.25) is 5.43 Å². The minimum absolute atomic E-state index is 0.100. The fourth-order valence-corrected chi connectivity index (χ4v) is 2.26. The van der Waals surface area contributed by atoms with Crippen LogP contribution in [0.4, 0.5) is 0 Å². The Morgan fingerprint density at radius 1 is 0.917 bits per heavy atom. The fourth-order valence-electron chi connectivity index (χ4n) is 2.26. The molecule has 0 spiro atoms. The van der Waals surface area contributed by atoms with Crippen LogP contribution in [0.2, 0.25) is 0 Å². The molecular formula is C15H10O9. The molecular weight excluding hydrogens is 324 g/mol. The molecule has 124 valence electrons. The van der Waals surface area contributed by atoms with Crippen LogP contribution in [0.3, 0.4) is 0 Å². The van der Waals surface area contributed by atoms with E-state index >= 15 is 0 Å². The summed E-state index contributed by atoms with van der Waals surface area (Å²) in [5.41, 5.74) is -0.971. The van der Waals surface area contributed by atoms with Gasteiger partial charge in [-0.25, -0.2) is 10.5 Å². The SMILES string of the molecule is O=c1c(OO)c(-c2ccc(O)c(O)c2)oc2cc(O)cc(OO)c12. The Morgan fingerprint density at radius 2 is 1.67 bits per heavy atom. The second kappa shape index (κ2) is 5.65. The molecule has 0 fully saturated rings. The summed E-state index contributed by atoms with van der Waals surface area (Å²) in [5, 5.41) is 46.1. The van der Waals surface area contributed by atoms with Gasteiger partial charge < -0.3 is 29.5 Å². The summed E-state index contributed by atoms with van der Waals surface area (Å²) in [6.07, 6.45) is 0. The van der Waals surface area contributed by atoms with Gasteiger partial charge in [0, 0.05) is 17.7 Å². The summed E-state index contributed by atoms with van der Waals surface area (Å²) < 4.78 is 5.44. The van der Waals surface area contributed by atoms with E-state index in [1.54, 1.807) is 0 Å². The molecule has 0 aliphatic heterocycles. The highest BCUT2D eigenvalue weighted by Gasteiger charge is 2.22. The lowest BCUT2D eigenvalue weighted by atomic mass is 10.1. The summed E-state index contributed by atoms with van der Waals surface area (Å²) in [6, 6.07) is 5.57. The molecule has 1 heterocycles. The number of phenols is 3. The van der Waals surface area contributed by atoms with Crippen LogP contribution in [0.5, 0.6) is 28.7 Å². The molecule has 9 nitrogen and oxygen atoms in total. The second-order valence-corrected chi connectivity index (χ2v) is 4.79. The third kappa shape index (κ3) is 2.33. The van der Waals surface area contributed by atoms with E-state index in [1.165, 1.54) is 6.07 Å². The Kier molecular flexibility index (Phi) is 3.64. The number of hydrogen-bond donors (Lipinski definition) is 5. The van der Waals surface area contributed by atoms with Gasteiger partial charge in [-0.05, 0) is 18.2 Å². The third-order valence-corrected chi connectivity index (χ3v) is 3.33. The molecule has 0 aliphatic rings. The minimum atomic E-state index is -0.898. The first kappa shape index (κ1) is 15.5. The van der Waals surface area contributed by atoms with E-state index in [0.717, 1.165) is 24.3 Å². The van der Waals surface area contributed by atoms with Gasteiger partial charge in [0.05, 0.1) is 0 Å². The maximum Gasteiger partial charge on any atom is 0.256 e. The topological polar surface area (TPSA) is 150 Å². The van der Waals surface area contributed by atoms with E-state index in [2.05, 4.69) is 9.78 Å². The van der Waals surface area contributed by atoms with Crippen molar-refractivity contribution < 1.29 is 40.0 Å². The van der Waals surface area contributed by atoms with Crippen molar-refractivity contribution in [3.05, 3.63) is 40.6 Å². The van der Waals surface area contributed by atoms with Gasteiger partial charge >= 0.3 is 0 Å². The molecule has 5 N–H and O–H groups in total. The van der Waals surface area contributed by atoms with Crippen molar-refractivity contribution in [2.24, 2.45) is 0 Å². The van der Waals surface area contributed by atoms with E-state index in [0.29, 0.717) is 0 Å². The molecule has 0 bridgehead atoms. The molecule has 3 aromatic rings. The van der Waals surface area contributed by atoms with Gasteiger partial charge in [0.15, 0.2) is 23.0 Å². The molecule has 24 heavy (non-hydrogen) atoms. The van der Waals surface area contributed by atoms with Crippen LogP contribution in [0.15, 0.2) is 39.5 Å². The summed E-state index contributed by atoms with van der Waals surface area (Å²) in [6.45, 7) is 0. The zero-order chi connectivity index (χ0) is 17.4. The Bertz CT molecular complexity index is 990. The van der Waals surface area contributed by atoms with Crippen molar-refractivity contribution >= 4 is 11.0 Å². The van der Waals surface area contributed by atoms with Gasteiger partial charge in [-0.1, -0.05) is 0 Å². The van der Waals surface area contributed by atoms with Crippen molar-refractivity contribution in [2.45, 2.75) is 0 Å². The third-order valence-electron chi connectivity index (χ3n) is 3.33. The highest BCUT2D eigenvalue weighted by atomic mass is 17.1. The molecule has 0 saturated heterocycles. The van der Waals surface area contributed by atoms with Gasteiger partial charge in [0.25, 0.3) is 5.75 Å². The van der Waals surface area contributed by atoms with Crippen LogP contribution in [0, 0.1) is 0 Å². The Morgan fingerprint density at radius 3 is 2.29 bits per heavy atom. The Labute approximate surface area is 132 Å². The summed E-state index contributed by atoms with van der Waals surface area (Å²) in [4.78, 5) is 20.6. The smallest absolute Gasteiger partial charge is 0.256 e. The maximum atomic E-state index is 12.5. The standard InChI is InChI=1S/C15H10O9/c16-7-4-10-12(11(5-7)23-20)13(19)15(24-21)14(22-10)6-1-2-8(17)9(18)3-6/h1-5,16-18,20-21H. The van der Waals surface area contributed by atoms with Crippen molar-refractivity contribution in [1.82, 2.24) is 0 Å². The fraction of sp³-hybridized carbons (Fsp3) is 0. The first-order valence-corrected chi connectivity index (χ1v) is 6.45. The van der Waals surface area contributed by atoms with Crippen LogP contribution in [0.1, 0.15) is 0 Å². The quantitative estimate of drug-likeness (QED) is 0.276. The van der Waals surface area contributed by atoms with E-state index in [4.69, 9.17) is 14.9 Å². The first-order valence-electron chi connectivity index (χ1n) is 6.45. The van der Waals surface area contributed by atoms with Crippen molar-refractivity contribution in [3.63, 3.8) is 0 Å². The van der Waals surface area contributed by atoms with Crippen molar-refractivity contribution in [1.29, 1.82) is 0 Å². The van der Waals surface area contributed by atoms with E-state index < -0.39 is 28.4 Å². The summed E-state index contributed by atoms with van der Waals surface area (Å²) in [5.74, 6) is -2.57. The predicted molar refractivity (Wildman–Crippen MR) is 79.4 cm³/mol. The summed E-state index contributed by atoms with van der Waals surface area (Å²) in [7, 11) is 0. The van der Waals surface area contributed by atoms with Crippen LogP contribution < -0.4 is 15.2 Å². The van der Waals surface area contributed by atoms with Crippen LogP contribution in [-0.2, 0) is 0 Å². The maximum absolute atomic E-state index is 12.5. The van der Waals surface area contributed by atoms with Gasteiger partial charge in [-0.2, -0.15) is 0 Å². The number of hydrogen-bond acceptors (Lipinski definition) is 9. The highest BCUT2D eigenvalue weighted by molar-refractivity contribution is 5.88. The lowest BCUT2D eigenvalue weighted by Crippen LogP contribution is -2.09. The first-order chi connectivity index (χ1) is 11.5. The molecule has 3 rings (SSSR count). The molecule has 0 unspecified atom stereocenters. The number of aromatic hydroxyl groups is 3. The lowest BCUT2D eigenvalue weighted by Gasteiger charge is -2.10. The zero-order valence-electron chi connectivity index (χ0n) is 11.8. The summed E-state index contributed by atoms with van der Waals surface area (Å²) >= 11 is 0. The second-order valence-electron chi connectivity index (χ2n) is 4.79. The monoisotopic (exact) mass is 334 g/mol. The van der Waals surface area contributed by atoms with E-state index in [9.17, 15) is 20.1 Å². The average Bonchev–Trinajstić information content (AvgIpc) is 2.56. The van der Waals surface area contributed by atoms with Gasteiger partial charge in [-0.15, -0.1) is 0 Å². The molecule has 9 heteroatoms. The largest absolute Gasteiger partial charge is 0.508 e. The Hall–Kier alpha value is -3.43. The van der Waals surface area contributed by atoms with Crippen LogP contribution >= 0.6 is 0 Å². The molecule has 0 saturated carbocycles. The van der Waals surface area contributed by atoms with E-state index in [-0.39, 0.29) is 28.0 Å². The number of rotatable bonds is 3. The molecule has 0 aliphatic carbocycles. The lowest BCUT2D eigenvalue weighted by molar-refractivity contribution is -0.139. The van der Waals surface area contributed by atoms with Crippen molar-refractivity contribution in [3.8, 4) is 40.1 Å². The number of phenolic OH excluding ortho intramolecular Hbond substituents is 3. The molecule has 1 aromatic heterocycles. The number of fused-ring (bicyclic) bond motifs is 1. The molecule has 0 atom stereocenters. The van der Waals surface area contributed by atoms with Crippen LogP contribution in [0.25, 0.3) is 22.3 Å². The number of benzene rings is 2. The minimum Gasteiger partial charge on any atom is -0.508 e. The molecule has 0 radical (unpaired) electrons. The Balaban J connectivity index is 2.40. The molecule has 2 aromatic carbocycles. The van der Waals surface area contributed by atoms with E-state index in [1.807, 2.05) is 0 Å².